The molecule has 2 aromatic carbocycles. The van der Waals surface area contributed by atoms with Crippen LogP contribution in [0.15, 0.2) is 79.1 Å². The van der Waals surface area contributed by atoms with Gasteiger partial charge in [-0.1, -0.05) is 30.4 Å². The van der Waals surface area contributed by atoms with Crippen LogP contribution in [-0.4, -0.2) is 9.91 Å². The molecular formula is C20H14FN3O3S. The topological polar surface area (TPSA) is 82.1 Å². The molecular weight excluding hydrogens is 381 g/mol. The lowest BCUT2D eigenvalue weighted by Gasteiger charge is -2.16. The van der Waals surface area contributed by atoms with Crippen LogP contribution in [0.3, 0.4) is 0 Å². The number of nitrogens with one attached hydrogen (secondary N) is 1. The van der Waals surface area contributed by atoms with E-state index in [9.17, 15) is 19.6 Å². The molecule has 8 heteroatoms. The van der Waals surface area contributed by atoms with Gasteiger partial charge in [-0.3, -0.25) is 10.1 Å². The van der Waals surface area contributed by atoms with Crippen LogP contribution < -0.4 is 15.0 Å². The van der Waals surface area contributed by atoms with Gasteiger partial charge >= 0.3 is 0 Å². The van der Waals surface area contributed by atoms with E-state index in [1.807, 2.05) is 0 Å². The van der Waals surface area contributed by atoms with Crippen LogP contribution >= 0.6 is 12.2 Å². The van der Waals surface area contributed by atoms with Crippen LogP contribution in [0.4, 0.5) is 15.8 Å². The summed E-state index contributed by atoms with van der Waals surface area (Å²) in [7, 11) is 0. The highest BCUT2D eigenvalue weighted by molar-refractivity contribution is 7.81. The molecule has 0 saturated heterocycles. The summed E-state index contributed by atoms with van der Waals surface area (Å²) in [6, 6.07) is 16.2. The molecule has 6 nitrogen and oxygen atoms in total. The van der Waals surface area contributed by atoms with Gasteiger partial charge in [0.15, 0.2) is 17.4 Å². The molecule has 1 aromatic heterocycles. The average Bonchev–Trinajstić information content (AvgIpc) is 2.70. The molecule has 0 saturated carbocycles. The Bertz CT molecular complexity index is 1050. The van der Waals surface area contributed by atoms with Crippen molar-refractivity contribution in [1.29, 1.82) is 0 Å². The van der Waals surface area contributed by atoms with Crippen molar-refractivity contribution in [2.75, 3.05) is 5.32 Å². The molecule has 0 spiro atoms. The van der Waals surface area contributed by atoms with Crippen LogP contribution in [0.5, 0.6) is 0 Å². The first-order chi connectivity index (χ1) is 13.5. The Morgan fingerprint density at radius 1 is 1.04 bits per heavy atom. The number of non-ortho nitro benzene ring substituents is 1. The monoisotopic (exact) mass is 395 g/mol. The number of nitrogens with zero attached hydrogens (tertiary/aromatic N) is 2. The third kappa shape index (κ3) is 4.36. The van der Waals surface area contributed by atoms with Crippen molar-refractivity contribution in [3.63, 3.8) is 0 Å². The summed E-state index contributed by atoms with van der Waals surface area (Å²) in [6.45, 7) is 0. The van der Waals surface area contributed by atoms with Crippen molar-refractivity contribution in [2.45, 2.75) is 0 Å². The number of rotatable bonds is 5. The van der Waals surface area contributed by atoms with Gasteiger partial charge in [0.1, 0.15) is 5.82 Å². The largest absolute Gasteiger partial charge is 0.867 e. The summed E-state index contributed by atoms with van der Waals surface area (Å²) in [5, 5.41) is 27.1. The van der Waals surface area contributed by atoms with Crippen LogP contribution in [0.2, 0.25) is 0 Å². The Hall–Kier alpha value is -3.65. The number of anilines is 1. The second-order valence-corrected chi connectivity index (χ2v) is 6.14. The summed E-state index contributed by atoms with van der Waals surface area (Å²) >= 11 is 5.42. The van der Waals surface area contributed by atoms with E-state index in [0.717, 1.165) is 0 Å². The second-order valence-electron chi connectivity index (χ2n) is 5.73. The van der Waals surface area contributed by atoms with E-state index in [1.54, 1.807) is 30.6 Å². The minimum Gasteiger partial charge on any atom is -0.867 e. The Morgan fingerprint density at radius 2 is 1.71 bits per heavy atom. The van der Waals surface area contributed by atoms with Crippen LogP contribution in [0.1, 0.15) is 5.56 Å². The molecule has 0 unspecified atom stereocenters. The SMILES string of the molecule is O=[N+]([O-])c1cccc(C([O-])=C(C(=S)Nc2ccc(F)cc2)[n+]2ccccc2)c1. The zero-order valence-electron chi connectivity index (χ0n) is 14.4. The molecule has 1 N–H and O–H groups in total. The fraction of sp³-hybridized carbons (Fsp3) is 0. The van der Waals surface area contributed by atoms with Gasteiger partial charge in [-0.25, -0.2) is 4.39 Å². The molecule has 0 bridgehead atoms. The first kappa shape index (κ1) is 19.1. The Labute approximate surface area is 165 Å². The number of pyridine rings is 1. The van der Waals surface area contributed by atoms with Crippen LogP contribution in [0.25, 0.3) is 11.5 Å². The fourth-order valence-corrected chi connectivity index (χ4v) is 2.82. The predicted octanol–water partition coefficient (Wildman–Crippen LogP) is 3.15. The lowest BCUT2D eigenvalue weighted by molar-refractivity contribution is -0.577. The lowest BCUT2D eigenvalue weighted by Crippen LogP contribution is -2.39. The van der Waals surface area contributed by atoms with Crippen molar-refractivity contribution in [2.24, 2.45) is 0 Å². The maximum atomic E-state index is 13.1. The average molecular weight is 395 g/mol. The molecule has 0 aliphatic carbocycles. The van der Waals surface area contributed by atoms with Gasteiger partial charge in [0.25, 0.3) is 5.69 Å². The Balaban J connectivity index is 2.07. The molecule has 0 atom stereocenters. The highest BCUT2D eigenvalue weighted by Gasteiger charge is 2.19. The zero-order valence-corrected chi connectivity index (χ0v) is 15.2. The van der Waals surface area contributed by atoms with E-state index < -0.39 is 16.5 Å². The van der Waals surface area contributed by atoms with Crippen molar-refractivity contribution in [1.82, 2.24) is 0 Å². The van der Waals surface area contributed by atoms with Gasteiger partial charge in [0.05, 0.1) is 4.92 Å². The second kappa shape index (κ2) is 8.36. The highest BCUT2D eigenvalue weighted by Crippen LogP contribution is 2.21. The first-order valence-corrected chi connectivity index (χ1v) is 8.56. The summed E-state index contributed by atoms with van der Waals surface area (Å²) in [5.41, 5.74) is 0.553. The maximum Gasteiger partial charge on any atom is 0.270 e. The highest BCUT2D eigenvalue weighted by atomic mass is 32.1. The van der Waals surface area contributed by atoms with Crippen molar-refractivity contribution >= 4 is 40.0 Å². The standard InChI is InChI=1S/C20H14FN3O3S/c21-15-7-9-16(10-8-15)22-20(28)18(23-11-2-1-3-12-23)19(25)14-5-4-6-17(13-14)24(26)27/h1-13H,(H-,22,25,28). The number of aromatic nitrogens is 1. The third-order valence-corrected chi connectivity index (χ3v) is 4.12. The minimum atomic E-state index is -0.568. The van der Waals surface area contributed by atoms with Gasteiger partial charge in [-0.2, -0.15) is 4.57 Å². The summed E-state index contributed by atoms with van der Waals surface area (Å²) in [5.74, 6) is -0.884. The minimum absolute atomic E-state index is 0.0966. The molecule has 0 amide bonds. The van der Waals surface area contributed by atoms with Crippen LogP contribution in [-0.2, 0) is 0 Å². The lowest BCUT2D eigenvalue weighted by atomic mass is 10.1. The number of hydrogen-bond donors (Lipinski definition) is 1. The molecule has 3 aromatic rings. The number of nitro benzene ring substituents is 1. The quantitative estimate of drug-likeness (QED) is 0.179. The number of thiocarbonyl (C=S) groups is 1. The van der Waals surface area contributed by atoms with Gasteiger partial charge < -0.3 is 10.4 Å². The van der Waals surface area contributed by atoms with Crippen molar-refractivity contribution < 1.29 is 19.0 Å². The first-order valence-electron chi connectivity index (χ1n) is 8.15. The van der Waals surface area contributed by atoms with E-state index in [1.165, 1.54) is 53.1 Å². The van der Waals surface area contributed by atoms with Crippen molar-refractivity contribution in [3.05, 3.63) is 101 Å². The molecule has 0 aliphatic heterocycles. The smallest absolute Gasteiger partial charge is 0.270 e. The van der Waals surface area contributed by atoms with Gasteiger partial charge in [-0.15, -0.1) is 0 Å². The summed E-state index contributed by atoms with van der Waals surface area (Å²) in [6.07, 6.45) is 3.28. The molecule has 1 heterocycles. The number of benzene rings is 2. The van der Waals surface area contributed by atoms with E-state index in [2.05, 4.69) is 5.32 Å². The van der Waals surface area contributed by atoms with Gasteiger partial charge in [0.2, 0.25) is 5.70 Å². The molecule has 140 valence electrons. The van der Waals surface area contributed by atoms with E-state index in [4.69, 9.17) is 12.2 Å². The predicted molar refractivity (Wildman–Crippen MR) is 105 cm³/mol. The molecule has 0 fully saturated rings. The van der Waals surface area contributed by atoms with E-state index in [-0.39, 0.29) is 21.9 Å². The fourth-order valence-electron chi connectivity index (χ4n) is 2.51. The number of nitro groups is 1. The zero-order chi connectivity index (χ0) is 20.1. The van der Waals surface area contributed by atoms with Crippen molar-refractivity contribution in [3.8, 4) is 0 Å². The van der Waals surface area contributed by atoms with E-state index >= 15 is 0 Å². The van der Waals surface area contributed by atoms with Gasteiger partial charge in [0, 0.05) is 30.0 Å². The van der Waals surface area contributed by atoms with Crippen LogP contribution in [0, 0.1) is 15.9 Å². The molecule has 0 radical (unpaired) electrons. The Kier molecular flexibility index (Phi) is 5.71. The third-order valence-electron chi connectivity index (χ3n) is 3.83. The summed E-state index contributed by atoms with van der Waals surface area (Å²) in [4.78, 5) is 10.6. The molecule has 0 aliphatic rings. The normalized spacial score (nSPS) is 11.5. The number of hydrogen-bond acceptors (Lipinski definition) is 4. The summed E-state index contributed by atoms with van der Waals surface area (Å²) < 4.78 is 14.6. The maximum absolute atomic E-state index is 13.1. The molecule has 3 rings (SSSR count). The van der Waals surface area contributed by atoms with E-state index in [0.29, 0.717) is 5.69 Å². The molecule has 28 heavy (non-hydrogen) atoms. The van der Waals surface area contributed by atoms with Gasteiger partial charge in [-0.05, 0) is 35.6 Å². The Morgan fingerprint density at radius 3 is 2.36 bits per heavy atom. The number of halogens is 1.